The van der Waals surface area contributed by atoms with Crippen molar-refractivity contribution in [3.63, 3.8) is 0 Å². The number of nitrogens with one attached hydrogen (secondary N) is 1. The minimum atomic E-state index is -0.509. The molecule has 0 saturated heterocycles. The Balaban J connectivity index is 1.82. The monoisotopic (exact) mass is 338 g/mol. The highest BCUT2D eigenvalue weighted by molar-refractivity contribution is 9.10. The summed E-state index contributed by atoms with van der Waals surface area (Å²) in [6, 6.07) is 11.3. The molecule has 0 aliphatic rings. The van der Waals surface area contributed by atoms with Crippen LogP contribution in [-0.2, 0) is 17.8 Å². The number of carbonyl (C=O) groups is 1. The van der Waals surface area contributed by atoms with Gasteiger partial charge in [0, 0.05) is 14.7 Å². The fourth-order valence-corrected chi connectivity index (χ4v) is 3.10. The van der Waals surface area contributed by atoms with E-state index in [4.69, 9.17) is 5.73 Å². The molecule has 0 aliphatic heterocycles. The third kappa shape index (κ3) is 4.45. The fourth-order valence-electron chi connectivity index (χ4n) is 1.71. The number of thiophene rings is 1. The highest BCUT2D eigenvalue weighted by Crippen LogP contribution is 2.19. The van der Waals surface area contributed by atoms with Crippen LogP contribution < -0.4 is 11.1 Å². The van der Waals surface area contributed by atoms with Crippen LogP contribution in [0, 0.1) is 0 Å². The molecule has 2 aromatic rings. The maximum atomic E-state index is 11.9. The van der Waals surface area contributed by atoms with E-state index in [1.807, 2.05) is 41.8 Å². The lowest BCUT2D eigenvalue weighted by molar-refractivity contribution is -0.122. The average Bonchev–Trinajstić information content (AvgIpc) is 2.83. The molecule has 0 aliphatic carbocycles. The van der Waals surface area contributed by atoms with Crippen molar-refractivity contribution >= 4 is 33.2 Å². The third-order valence-corrected chi connectivity index (χ3v) is 4.39. The first kappa shape index (κ1) is 14.2. The van der Waals surface area contributed by atoms with Crippen LogP contribution in [-0.4, -0.2) is 11.9 Å². The van der Waals surface area contributed by atoms with Crippen LogP contribution in [0.3, 0.4) is 0 Å². The van der Waals surface area contributed by atoms with E-state index in [1.54, 1.807) is 11.3 Å². The second-order valence-corrected chi connectivity index (χ2v) is 6.16. The molecule has 0 fully saturated rings. The van der Waals surface area contributed by atoms with E-state index >= 15 is 0 Å². The van der Waals surface area contributed by atoms with E-state index in [-0.39, 0.29) is 5.91 Å². The van der Waals surface area contributed by atoms with Crippen LogP contribution in [0.25, 0.3) is 0 Å². The molecule has 1 atom stereocenters. The summed E-state index contributed by atoms with van der Waals surface area (Å²) in [6.07, 6.45) is 0.556. The highest BCUT2D eigenvalue weighted by atomic mass is 79.9. The van der Waals surface area contributed by atoms with Crippen molar-refractivity contribution in [2.75, 3.05) is 0 Å². The van der Waals surface area contributed by atoms with Crippen LogP contribution in [0.15, 0.2) is 46.3 Å². The lowest BCUT2D eigenvalue weighted by Crippen LogP contribution is -2.41. The molecule has 0 radical (unpaired) electrons. The topological polar surface area (TPSA) is 55.1 Å². The van der Waals surface area contributed by atoms with Crippen molar-refractivity contribution in [3.8, 4) is 0 Å². The Morgan fingerprint density at radius 1 is 1.37 bits per heavy atom. The van der Waals surface area contributed by atoms with Gasteiger partial charge in [-0.05, 0) is 34.0 Å². The molecule has 100 valence electrons. The molecule has 19 heavy (non-hydrogen) atoms. The Hall–Kier alpha value is -1.17. The second-order valence-electron chi connectivity index (χ2n) is 4.25. The molecule has 0 saturated carbocycles. The van der Waals surface area contributed by atoms with Gasteiger partial charge in [-0.3, -0.25) is 4.79 Å². The van der Waals surface area contributed by atoms with Gasteiger partial charge in [-0.15, -0.1) is 11.3 Å². The molecular formula is C14H15BrN2OS. The van der Waals surface area contributed by atoms with Gasteiger partial charge in [0.05, 0.1) is 12.6 Å². The van der Waals surface area contributed by atoms with Gasteiger partial charge in [-0.1, -0.05) is 30.3 Å². The lowest BCUT2D eigenvalue weighted by Gasteiger charge is -2.11. The van der Waals surface area contributed by atoms with Crippen molar-refractivity contribution in [2.45, 2.75) is 19.0 Å². The van der Waals surface area contributed by atoms with Crippen molar-refractivity contribution in [1.82, 2.24) is 5.32 Å². The average molecular weight is 339 g/mol. The Morgan fingerprint density at radius 3 is 2.74 bits per heavy atom. The first-order chi connectivity index (χ1) is 9.15. The Bertz CT molecular complexity index is 541. The van der Waals surface area contributed by atoms with Gasteiger partial charge in [-0.2, -0.15) is 0 Å². The molecule has 3 N–H and O–H groups in total. The van der Waals surface area contributed by atoms with Crippen LogP contribution in [0.2, 0.25) is 0 Å². The predicted molar refractivity (Wildman–Crippen MR) is 82.0 cm³/mol. The maximum Gasteiger partial charge on any atom is 0.237 e. The number of hydrogen-bond acceptors (Lipinski definition) is 3. The molecule has 3 nitrogen and oxygen atoms in total. The molecule has 1 unspecified atom stereocenters. The molecule has 1 amide bonds. The summed E-state index contributed by atoms with van der Waals surface area (Å²) in [5.41, 5.74) is 6.97. The van der Waals surface area contributed by atoms with Gasteiger partial charge in [-0.25, -0.2) is 0 Å². The normalized spacial score (nSPS) is 12.1. The first-order valence-corrected chi connectivity index (χ1v) is 7.62. The summed E-state index contributed by atoms with van der Waals surface area (Å²) in [6.45, 7) is 0.525. The summed E-state index contributed by atoms with van der Waals surface area (Å²) in [5.74, 6) is -0.117. The Morgan fingerprint density at radius 2 is 2.11 bits per heavy atom. The number of carbonyl (C=O) groups excluding carboxylic acids is 1. The summed E-state index contributed by atoms with van der Waals surface area (Å²) >= 11 is 4.99. The summed E-state index contributed by atoms with van der Waals surface area (Å²) in [5, 5.41) is 4.85. The molecule has 5 heteroatoms. The number of hydrogen-bond donors (Lipinski definition) is 2. The van der Waals surface area contributed by atoms with Crippen LogP contribution in [0.1, 0.15) is 10.4 Å². The molecular weight excluding hydrogens is 324 g/mol. The molecule has 1 aromatic heterocycles. The molecule has 2 rings (SSSR count). The number of nitrogens with two attached hydrogens (primary N) is 1. The highest BCUT2D eigenvalue weighted by Gasteiger charge is 2.13. The van der Waals surface area contributed by atoms with E-state index in [0.717, 1.165) is 14.9 Å². The van der Waals surface area contributed by atoms with E-state index < -0.39 is 6.04 Å². The molecule has 0 spiro atoms. The number of rotatable bonds is 5. The summed E-state index contributed by atoms with van der Waals surface area (Å²) in [4.78, 5) is 13.0. The fraction of sp³-hybridized carbons (Fsp3) is 0.214. The molecule has 0 bridgehead atoms. The van der Waals surface area contributed by atoms with Crippen molar-refractivity contribution in [1.29, 1.82) is 0 Å². The summed E-state index contributed by atoms with van der Waals surface area (Å²) in [7, 11) is 0. The van der Waals surface area contributed by atoms with Crippen molar-refractivity contribution in [3.05, 3.63) is 56.7 Å². The predicted octanol–water partition coefficient (Wildman–Crippen LogP) is 2.70. The summed E-state index contributed by atoms with van der Waals surface area (Å²) < 4.78 is 1.04. The Labute approximate surface area is 125 Å². The van der Waals surface area contributed by atoms with E-state index in [9.17, 15) is 4.79 Å². The quantitative estimate of drug-likeness (QED) is 0.880. The van der Waals surface area contributed by atoms with Gasteiger partial charge in [0.25, 0.3) is 0 Å². The minimum Gasteiger partial charge on any atom is -0.350 e. The SMILES string of the molecule is NC(Cc1ccccc1)C(=O)NCc1cc(Br)cs1. The van der Waals surface area contributed by atoms with Crippen LogP contribution >= 0.6 is 27.3 Å². The number of benzene rings is 1. The third-order valence-electron chi connectivity index (χ3n) is 2.69. The smallest absolute Gasteiger partial charge is 0.237 e. The second kappa shape index (κ2) is 6.84. The first-order valence-electron chi connectivity index (χ1n) is 5.95. The van der Waals surface area contributed by atoms with Gasteiger partial charge in [0.15, 0.2) is 0 Å². The van der Waals surface area contributed by atoms with Crippen molar-refractivity contribution in [2.24, 2.45) is 5.73 Å². The molecule has 1 heterocycles. The standard InChI is InChI=1S/C14H15BrN2OS/c15-11-7-12(19-9-11)8-17-14(18)13(16)6-10-4-2-1-3-5-10/h1-5,7,9,13H,6,8,16H2,(H,17,18). The zero-order chi connectivity index (χ0) is 13.7. The largest absolute Gasteiger partial charge is 0.350 e. The number of amides is 1. The van der Waals surface area contributed by atoms with Gasteiger partial charge in [0.1, 0.15) is 0 Å². The molecule has 1 aromatic carbocycles. The van der Waals surface area contributed by atoms with E-state index in [1.165, 1.54) is 0 Å². The van der Waals surface area contributed by atoms with Gasteiger partial charge >= 0.3 is 0 Å². The number of halogens is 1. The van der Waals surface area contributed by atoms with E-state index in [0.29, 0.717) is 13.0 Å². The zero-order valence-corrected chi connectivity index (χ0v) is 12.7. The van der Waals surface area contributed by atoms with E-state index in [2.05, 4.69) is 21.2 Å². The lowest BCUT2D eigenvalue weighted by atomic mass is 10.1. The Kier molecular flexibility index (Phi) is 5.13. The van der Waals surface area contributed by atoms with Gasteiger partial charge < -0.3 is 11.1 Å². The zero-order valence-electron chi connectivity index (χ0n) is 10.3. The van der Waals surface area contributed by atoms with Gasteiger partial charge in [0.2, 0.25) is 5.91 Å². The van der Waals surface area contributed by atoms with Crippen LogP contribution in [0.5, 0.6) is 0 Å². The van der Waals surface area contributed by atoms with Crippen LogP contribution in [0.4, 0.5) is 0 Å². The van der Waals surface area contributed by atoms with Crippen molar-refractivity contribution < 1.29 is 4.79 Å². The minimum absolute atomic E-state index is 0.117. The maximum absolute atomic E-state index is 11.9.